The Bertz CT molecular complexity index is 389. The van der Waals surface area contributed by atoms with E-state index in [0.717, 1.165) is 32.5 Å². The molecule has 1 aromatic rings. The second-order valence-electron chi connectivity index (χ2n) is 4.70. The number of likely N-dealkylation sites (tertiary alicyclic amines) is 1. The number of rotatable bonds is 4. The molecule has 0 unspecified atom stereocenters. The van der Waals surface area contributed by atoms with Gasteiger partial charge in [0.2, 0.25) is 0 Å². The molecule has 0 radical (unpaired) electrons. The molecule has 2 rings (SSSR count). The maximum atomic E-state index is 13.7. The van der Waals surface area contributed by atoms with Gasteiger partial charge in [-0.05, 0) is 31.5 Å². The van der Waals surface area contributed by atoms with Crippen molar-refractivity contribution in [2.24, 2.45) is 0 Å². The fraction of sp³-hybridized carbons (Fsp3) is 0.571. The Morgan fingerprint density at radius 1 is 1.39 bits per heavy atom. The highest BCUT2D eigenvalue weighted by Crippen LogP contribution is 2.24. The Morgan fingerprint density at radius 2 is 2.11 bits per heavy atom. The van der Waals surface area contributed by atoms with Crippen molar-refractivity contribution in [3.63, 3.8) is 0 Å². The molecule has 3 nitrogen and oxygen atoms in total. The smallest absolute Gasteiger partial charge is 0.146 e. The zero-order valence-corrected chi connectivity index (χ0v) is 11.1. The molecule has 0 saturated carbocycles. The van der Waals surface area contributed by atoms with Gasteiger partial charge in [-0.2, -0.15) is 0 Å². The first-order chi connectivity index (χ1) is 8.72. The van der Waals surface area contributed by atoms with Gasteiger partial charge in [-0.15, -0.1) is 0 Å². The van der Waals surface area contributed by atoms with Crippen LogP contribution in [-0.2, 0) is 0 Å². The molecule has 0 amide bonds. The standard InChI is InChI=1S/C14H21FN2O/c1-3-17-8-6-11(7-9-17)16-14-10-12(18-2)4-5-13(14)15/h4-5,10-11,16H,3,6-9H2,1-2H3. The summed E-state index contributed by atoms with van der Waals surface area (Å²) in [5, 5.41) is 3.29. The number of methoxy groups -OCH3 is 1. The highest BCUT2D eigenvalue weighted by Gasteiger charge is 2.18. The van der Waals surface area contributed by atoms with Gasteiger partial charge in [0, 0.05) is 25.2 Å². The minimum Gasteiger partial charge on any atom is -0.497 e. The molecule has 0 aromatic heterocycles. The third kappa shape index (κ3) is 3.13. The Labute approximate surface area is 108 Å². The van der Waals surface area contributed by atoms with Gasteiger partial charge in [-0.3, -0.25) is 0 Å². The summed E-state index contributed by atoms with van der Waals surface area (Å²) >= 11 is 0. The molecule has 0 atom stereocenters. The zero-order valence-electron chi connectivity index (χ0n) is 11.1. The third-order valence-corrected chi connectivity index (χ3v) is 3.57. The maximum absolute atomic E-state index is 13.7. The topological polar surface area (TPSA) is 24.5 Å². The Balaban J connectivity index is 1.97. The molecule has 1 fully saturated rings. The molecule has 1 aromatic carbocycles. The van der Waals surface area contributed by atoms with E-state index in [1.165, 1.54) is 6.07 Å². The van der Waals surface area contributed by atoms with Crippen LogP contribution in [0.2, 0.25) is 0 Å². The molecule has 0 bridgehead atoms. The van der Waals surface area contributed by atoms with Crippen molar-refractivity contribution in [3.05, 3.63) is 24.0 Å². The lowest BCUT2D eigenvalue weighted by Crippen LogP contribution is -2.38. The number of anilines is 1. The predicted octanol–water partition coefficient (Wildman–Crippen LogP) is 2.73. The number of ether oxygens (including phenoxy) is 1. The van der Waals surface area contributed by atoms with Gasteiger partial charge in [0.1, 0.15) is 11.6 Å². The summed E-state index contributed by atoms with van der Waals surface area (Å²) in [5.41, 5.74) is 0.546. The van der Waals surface area contributed by atoms with Crippen LogP contribution >= 0.6 is 0 Å². The van der Waals surface area contributed by atoms with E-state index >= 15 is 0 Å². The molecule has 100 valence electrons. The molecule has 1 aliphatic heterocycles. The summed E-state index contributed by atoms with van der Waals surface area (Å²) in [7, 11) is 1.59. The zero-order chi connectivity index (χ0) is 13.0. The number of nitrogens with one attached hydrogen (secondary N) is 1. The van der Waals surface area contributed by atoms with Gasteiger partial charge in [-0.1, -0.05) is 6.92 Å². The molecule has 1 N–H and O–H groups in total. The van der Waals surface area contributed by atoms with Gasteiger partial charge in [0.05, 0.1) is 12.8 Å². The lowest BCUT2D eigenvalue weighted by atomic mass is 10.0. The van der Waals surface area contributed by atoms with Crippen LogP contribution in [0, 0.1) is 5.82 Å². The minimum absolute atomic E-state index is 0.214. The highest BCUT2D eigenvalue weighted by molar-refractivity contribution is 5.50. The maximum Gasteiger partial charge on any atom is 0.146 e. The van der Waals surface area contributed by atoms with Crippen LogP contribution in [0.15, 0.2) is 18.2 Å². The average molecular weight is 252 g/mol. The number of hydrogen-bond acceptors (Lipinski definition) is 3. The summed E-state index contributed by atoms with van der Waals surface area (Å²) in [4.78, 5) is 2.42. The van der Waals surface area contributed by atoms with Crippen LogP contribution in [0.4, 0.5) is 10.1 Å². The second-order valence-corrected chi connectivity index (χ2v) is 4.70. The van der Waals surface area contributed by atoms with Crippen LogP contribution in [0.5, 0.6) is 5.75 Å². The molecule has 0 aliphatic carbocycles. The van der Waals surface area contributed by atoms with Gasteiger partial charge < -0.3 is 15.0 Å². The Kier molecular flexibility index (Phi) is 4.42. The SMILES string of the molecule is CCN1CCC(Nc2cc(OC)ccc2F)CC1. The van der Waals surface area contributed by atoms with Gasteiger partial charge in [0.25, 0.3) is 0 Å². The molecule has 1 saturated heterocycles. The van der Waals surface area contributed by atoms with Crippen molar-refractivity contribution in [1.82, 2.24) is 4.90 Å². The molecule has 4 heteroatoms. The summed E-state index contributed by atoms with van der Waals surface area (Å²) in [6, 6.07) is 5.17. The summed E-state index contributed by atoms with van der Waals surface area (Å²) in [6.45, 7) is 5.44. The Morgan fingerprint density at radius 3 is 2.72 bits per heavy atom. The van der Waals surface area contributed by atoms with Crippen molar-refractivity contribution in [2.45, 2.75) is 25.8 Å². The largest absolute Gasteiger partial charge is 0.497 e. The predicted molar refractivity (Wildman–Crippen MR) is 71.7 cm³/mol. The number of halogens is 1. The first-order valence-corrected chi connectivity index (χ1v) is 6.55. The van der Waals surface area contributed by atoms with Crippen LogP contribution in [-0.4, -0.2) is 37.7 Å². The van der Waals surface area contributed by atoms with Gasteiger partial charge >= 0.3 is 0 Å². The summed E-state index contributed by atoms with van der Waals surface area (Å²) in [5.74, 6) is 0.471. The van der Waals surface area contributed by atoms with Crippen LogP contribution in [0.25, 0.3) is 0 Å². The highest BCUT2D eigenvalue weighted by atomic mass is 19.1. The van der Waals surface area contributed by atoms with E-state index < -0.39 is 0 Å². The minimum atomic E-state index is -0.214. The van der Waals surface area contributed by atoms with E-state index in [2.05, 4.69) is 17.1 Å². The Hall–Kier alpha value is -1.29. The third-order valence-electron chi connectivity index (χ3n) is 3.57. The van der Waals surface area contributed by atoms with Gasteiger partial charge in [0.15, 0.2) is 0 Å². The number of piperidine rings is 1. The van der Waals surface area contributed by atoms with Crippen LogP contribution < -0.4 is 10.1 Å². The lowest BCUT2D eigenvalue weighted by Gasteiger charge is -2.32. The van der Waals surface area contributed by atoms with Crippen LogP contribution in [0.3, 0.4) is 0 Å². The van der Waals surface area contributed by atoms with E-state index in [4.69, 9.17) is 4.74 Å². The number of benzene rings is 1. The average Bonchev–Trinajstić information content (AvgIpc) is 2.42. The first-order valence-electron chi connectivity index (χ1n) is 6.55. The van der Waals surface area contributed by atoms with E-state index in [1.807, 2.05) is 0 Å². The van der Waals surface area contributed by atoms with Crippen molar-refractivity contribution < 1.29 is 9.13 Å². The molecule has 1 heterocycles. The van der Waals surface area contributed by atoms with Crippen molar-refractivity contribution in [3.8, 4) is 5.75 Å². The van der Waals surface area contributed by atoms with E-state index in [0.29, 0.717) is 17.5 Å². The first kappa shape index (κ1) is 13.1. The number of hydrogen-bond donors (Lipinski definition) is 1. The monoisotopic (exact) mass is 252 g/mol. The van der Waals surface area contributed by atoms with E-state index in [1.54, 1.807) is 19.2 Å². The fourth-order valence-corrected chi connectivity index (χ4v) is 2.36. The van der Waals surface area contributed by atoms with Crippen molar-refractivity contribution in [1.29, 1.82) is 0 Å². The van der Waals surface area contributed by atoms with Crippen molar-refractivity contribution >= 4 is 5.69 Å². The van der Waals surface area contributed by atoms with E-state index in [9.17, 15) is 4.39 Å². The lowest BCUT2D eigenvalue weighted by molar-refractivity contribution is 0.229. The molecular weight excluding hydrogens is 231 g/mol. The second kappa shape index (κ2) is 6.05. The van der Waals surface area contributed by atoms with Crippen molar-refractivity contribution in [2.75, 3.05) is 32.1 Å². The molecular formula is C14H21FN2O. The van der Waals surface area contributed by atoms with Crippen LogP contribution in [0.1, 0.15) is 19.8 Å². The molecule has 0 spiro atoms. The fourth-order valence-electron chi connectivity index (χ4n) is 2.36. The number of nitrogens with zero attached hydrogens (tertiary/aromatic N) is 1. The van der Waals surface area contributed by atoms with E-state index in [-0.39, 0.29) is 5.82 Å². The quantitative estimate of drug-likeness (QED) is 0.891. The van der Waals surface area contributed by atoms with Gasteiger partial charge in [-0.25, -0.2) is 4.39 Å². The normalized spacial score (nSPS) is 17.7. The molecule has 18 heavy (non-hydrogen) atoms. The summed E-state index contributed by atoms with van der Waals surface area (Å²) in [6.07, 6.45) is 2.12. The molecule has 1 aliphatic rings. The summed E-state index contributed by atoms with van der Waals surface area (Å²) < 4.78 is 18.8.